The Morgan fingerprint density at radius 3 is 2.90 bits per heavy atom. The fraction of sp³-hybridized carbons (Fsp3) is 0.294. The molecule has 0 aromatic heterocycles. The van der Waals surface area contributed by atoms with Crippen molar-refractivity contribution in [3.63, 3.8) is 0 Å². The van der Waals surface area contributed by atoms with Crippen molar-refractivity contribution in [2.75, 3.05) is 11.9 Å². The van der Waals surface area contributed by atoms with E-state index in [1.807, 2.05) is 12.1 Å². The van der Waals surface area contributed by atoms with E-state index in [0.29, 0.717) is 10.0 Å². The van der Waals surface area contributed by atoms with Gasteiger partial charge >= 0.3 is 0 Å². The maximum Gasteiger partial charge on any atom is 0.0468 e. The zero-order valence-electron chi connectivity index (χ0n) is 11.9. The number of rotatable bonds is 4. The third-order valence-corrected chi connectivity index (χ3v) is 4.52. The van der Waals surface area contributed by atoms with Crippen LogP contribution in [0.25, 0.3) is 0 Å². The van der Waals surface area contributed by atoms with Crippen LogP contribution in [-0.2, 0) is 13.0 Å². The molecule has 0 spiro atoms. The first kappa shape index (κ1) is 14.7. The van der Waals surface area contributed by atoms with Gasteiger partial charge in [-0.15, -0.1) is 0 Å². The molecule has 1 heterocycles. The van der Waals surface area contributed by atoms with Gasteiger partial charge in [-0.2, -0.15) is 0 Å². The van der Waals surface area contributed by atoms with Gasteiger partial charge in [0.1, 0.15) is 0 Å². The highest BCUT2D eigenvalue weighted by Crippen LogP contribution is 2.29. The van der Waals surface area contributed by atoms with Crippen molar-refractivity contribution >= 4 is 28.9 Å². The van der Waals surface area contributed by atoms with Crippen LogP contribution in [0.3, 0.4) is 0 Å². The van der Waals surface area contributed by atoms with E-state index in [9.17, 15) is 0 Å². The summed E-state index contributed by atoms with van der Waals surface area (Å²) in [6.45, 7) is 3.97. The summed E-state index contributed by atoms with van der Waals surface area (Å²) < 4.78 is 0. The summed E-state index contributed by atoms with van der Waals surface area (Å²) in [6, 6.07) is 12.3. The average Bonchev–Trinajstić information content (AvgIpc) is 2.93. The van der Waals surface area contributed by atoms with Crippen molar-refractivity contribution < 1.29 is 0 Å². The maximum atomic E-state index is 6.26. The summed E-state index contributed by atoms with van der Waals surface area (Å²) in [5, 5.41) is 8.38. The minimum absolute atomic E-state index is 0.173. The van der Waals surface area contributed by atoms with Gasteiger partial charge in [0.25, 0.3) is 0 Å². The molecule has 0 radical (unpaired) electrons. The molecule has 110 valence electrons. The highest BCUT2D eigenvalue weighted by atomic mass is 35.5. The van der Waals surface area contributed by atoms with E-state index < -0.39 is 0 Å². The molecule has 1 unspecified atom stereocenters. The molecule has 21 heavy (non-hydrogen) atoms. The predicted molar refractivity (Wildman–Crippen MR) is 90.4 cm³/mol. The van der Waals surface area contributed by atoms with Gasteiger partial charge in [-0.3, -0.25) is 0 Å². The molecule has 0 aliphatic carbocycles. The molecule has 0 bridgehead atoms. The van der Waals surface area contributed by atoms with E-state index >= 15 is 0 Å². The van der Waals surface area contributed by atoms with E-state index in [0.717, 1.165) is 25.1 Å². The molecule has 2 aromatic carbocycles. The minimum Gasteiger partial charge on any atom is -0.384 e. The van der Waals surface area contributed by atoms with Crippen LogP contribution >= 0.6 is 23.2 Å². The molecule has 0 saturated heterocycles. The lowest BCUT2D eigenvalue weighted by molar-refractivity contribution is 0.575. The first-order chi connectivity index (χ1) is 10.1. The van der Waals surface area contributed by atoms with Crippen LogP contribution in [0.15, 0.2) is 36.4 Å². The molecule has 1 aliphatic rings. The Kier molecular flexibility index (Phi) is 4.39. The number of hydrogen-bond donors (Lipinski definition) is 2. The van der Waals surface area contributed by atoms with E-state index in [4.69, 9.17) is 23.2 Å². The average molecular weight is 321 g/mol. The zero-order chi connectivity index (χ0) is 14.8. The van der Waals surface area contributed by atoms with Crippen molar-refractivity contribution in [1.82, 2.24) is 5.32 Å². The van der Waals surface area contributed by atoms with Crippen molar-refractivity contribution in [2.45, 2.75) is 25.9 Å². The number of fused-ring (bicyclic) bond motifs is 1. The number of halogens is 2. The summed E-state index contributed by atoms with van der Waals surface area (Å²) in [5.41, 5.74) is 5.08. The molecular formula is C17H18Cl2N2. The molecule has 1 atom stereocenters. The number of nitrogens with one attached hydrogen (secondary N) is 2. The summed E-state index contributed by atoms with van der Waals surface area (Å²) in [7, 11) is 0. The normalized spacial score (nSPS) is 14.6. The molecule has 2 N–H and O–H groups in total. The van der Waals surface area contributed by atoms with Crippen LogP contribution < -0.4 is 10.6 Å². The molecule has 4 heteroatoms. The number of anilines is 1. The van der Waals surface area contributed by atoms with Gasteiger partial charge in [0.15, 0.2) is 0 Å². The van der Waals surface area contributed by atoms with E-state index in [-0.39, 0.29) is 6.04 Å². The Morgan fingerprint density at radius 2 is 2.10 bits per heavy atom. The lowest BCUT2D eigenvalue weighted by Crippen LogP contribution is -2.19. The third kappa shape index (κ3) is 3.18. The second kappa shape index (κ2) is 6.27. The molecule has 0 amide bonds. The van der Waals surface area contributed by atoms with E-state index in [2.05, 4.69) is 35.8 Å². The van der Waals surface area contributed by atoms with Crippen molar-refractivity contribution in [1.29, 1.82) is 0 Å². The van der Waals surface area contributed by atoms with Crippen LogP contribution in [0.5, 0.6) is 0 Å². The SMILES string of the molecule is CC(NCc1cccc2c1NCC2)c1ccc(Cl)cc1Cl. The molecule has 0 saturated carbocycles. The monoisotopic (exact) mass is 320 g/mol. The zero-order valence-corrected chi connectivity index (χ0v) is 13.4. The van der Waals surface area contributed by atoms with Gasteiger partial charge in [-0.1, -0.05) is 47.5 Å². The molecule has 1 aliphatic heterocycles. The Morgan fingerprint density at radius 1 is 1.24 bits per heavy atom. The highest BCUT2D eigenvalue weighted by molar-refractivity contribution is 6.35. The van der Waals surface area contributed by atoms with Crippen LogP contribution in [0.4, 0.5) is 5.69 Å². The second-order valence-electron chi connectivity index (χ2n) is 5.40. The summed E-state index contributed by atoms with van der Waals surface area (Å²) in [6.07, 6.45) is 1.11. The highest BCUT2D eigenvalue weighted by Gasteiger charge is 2.15. The third-order valence-electron chi connectivity index (χ3n) is 3.96. The van der Waals surface area contributed by atoms with E-state index in [1.165, 1.54) is 16.8 Å². The largest absolute Gasteiger partial charge is 0.384 e. The Bertz CT molecular complexity index is 655. The minimum atomic E-state index is 0.173. The molecular weight excluding hydrogens is 303 g/mol. The first-order valence-electron chi connectivity index (χ1n) is 7.18. The standard InChI is InChI=1S/C17H18Cl2N2/c1-11(15-6-5-14(18)9-16(15)19)21-10-13-4-2-3-12-7-8-20-17(12)13/h2-6,9,11,20-21H,7-8,10H2,1H3. The van der Waals surface area contributed by atoms with Crippen molar-refractivity contribution in [3.05, 3.63) is 63.1 Å². The van der Waals surface area contributed by atoms with Gasteiger partial charge in [-0.05, 0) is 42.2 Å². The van der Waals surface area contributed by atoms with Crippen molar-refractivity contribution in [2.24, 2.45) is 0 Å². The fourth-order valence-electron chi connectivity index (χ4n) is 2.78. The summed E-state index contributed by atoms with van der Waals surface area (Å²) in [5.74, 6) is 0. The van der Waals surface area contributed by atoms with Crippen LogP contribution in [0.1, 0.15) is 29.7 Å². The summed E-state index contributed by atoms with van der Waals surface area (Å²) in [4.78, 5) is 0. The van der Waals surface area contributed by atoms with Crippen molar-refractivity contribution in [3.8, 4) is 0 Å². The van der Waals surface area contributed by atoms with Gasteiger partial charge in [-0.25, -0.2) is 0 Å². The molecule has 0 fully saturated rings. The number of para-hydroxylation sites is 1. The Balaban J connectivity index is 1.72. The molecule has 2 aromatic rings. The quantitative estimate of drug-likeness (QED) is 0.844. The fourth-order valence-corrected chi connectivity index (χ4v) is 3.36. The summed E-state index contributed by atoms with van der Waals surface area (Å²) >= 11 is 12.2. The molecule has 2 nitrogen and oxygen atoms in total. The maximum absolute atomic E-state index is 6.26. The van der Waals surface area contributed by atoms with Gasteiger partial charge in [0, 0.05) is 34.9 Å². The van der Waals surface area contributed by atoms with Gasteiger partial charge in [0.05, 0.1) is 0 Å². The topological polar surface area (TPSA) is 24.1 Å². The van der Waals surface area contributed by atoms with E-state index in [1.54, 1.807) is 6.07 Å². The van der Waals surface area contributed by atoms with Gasteiger partial charge < -0.3 is 10.6 Å². The second-order valence-corrected chi connectivity index (χ2v) is 6.24. The smallest absolute Gasteiger partial charge is 0.0468 e. The predicted octanol–water partition coefficient (Wildman–Crippen LogP) is 4.81. The number of benzene rings is 2. The van der Waals surface area contributed by atoms with Crippen LogP contribution in [0, 0.1) is 0 Å². The lowest BCUT2D eigenvalue weighted by Gasteiger charge is -2.17. The Hall–Kier alpha value is -1.22. The Labute approximate surface area is 135 Å². The first-order valence-corrected chi connectivity index (χ1v) is 7.93. The lowest BCUT2D eigenvalue weighted by atomic mass is 10.1. The van der Waals surface area contributed by atoms with Crippen LogP contribution in [-0.4, -0.2) is 6.54 Å². The van der Waals surface area contributed by atoms with Crippen LogP contribution in [0.2, 0.25) is 10.0 Å². The molecule has 3 rings (SSSR count). The number of hydrogen-bond acceptors (Lipinski definition) is 2. The van der Waals surface area contributed by atoms with Gasteiger partial charge in [0.2, 0.25) is 0 Å².